The van der Waals surface area contributed by atoms with Crippen molar-refractivity contribution in [3.05, 3.63) is 0 Å². The molecule has 1 heterocycles. The SMILES string of the molecule is CCC(C1CCC1)N1CC(C)CC(NCCCO)C1. The number of aliphatic hydroxyl groups is 1. The molecule has 0 amide bonds. The number of aliphatic hydroxyl groups excluding tert-OH is 1. The van der Waals surface area contributed by atoms with E-state index < -0.39 is 0 Å². The summed E-state index contributed by atoms with van der Waals surface area (Å²) in [6.07, 6.45) is 7.83. The second-order valence-electron chi connectivity index (χ2n) is 6.69. The van der Waals surface area contributed by atoms with Crippen LogP contribution in [0.25, 0.3) is 0 Å². The maximum absolute atomic E-state index is 8.89. The molecule has 3 atom stereocenters. The molecule has 2 rings (SSSR count). The zero-order valence-electron chi connectivity index (χ0n) is 12.8. The fraction of sp³-hybridized carbons (Fsp3) is 1.00. The fourth-order valence-corrected chi connectivity index (χ4v) is 3.91. The van der Waals surface area contributed by atoms with Gasteiger partial charge in [0.15, 0.2) is 0 Å². The number of rotatable bonds is 7. The highest BCUT2D eigenvalue weighted by molar-refractivity contribution is 4.90. The second-order valence-corrected chi connectivity index (χ2v) is 6.69. The van der Waals surface area contributed by atoms with Gasteiger partial charge in [-0.05, 0) is 50.5 Å². The van der Waals surface area contributed by atoms with Gasteiger partial charge >= 0.3 is 0 Å². The first-order valence-electron chi connectivity index (χ1n) is 8.32. The number of hydrogen-bond acceptors (Lipinski definition) is 3. The van der Waals surface area contributed by atoms with E-state index in [4.69, 9.17) is 5.11 Å². The summed E-state index contributed by atoms with van der Waals surface area (Å²) in [6, 6.07) is 1.45. The first-order valence-corrected chi connectivity index (χ1v) is 8.32. The molecule has 0 spiro atoms. The molecule has 2 aliphatic rings. The lowest BCUT2D eigenvalue weighted by Crippen LogP contribution is -2.54. The summed E-state index contributed by atoms with van der Waals surface area (Å²) >= 11 is 0. The molecule has 1 aliphatic heterocycles. The molecule has 3 heteroatoms. The fourth-order valence-electron chi connectivity index (χ4n) is 3.91. The van der Waals surface area contributed by atoms with Crippen molar-refractivity contribution in [2.24, 2.45) is 11.8 Å². The molecule has 1 saturated heterocycles. The van der Waals surface area contributed by atoms with Crippen molar-refractivity contribution in [3.8, 4) is 0 Å². The molecule has 0 aromatic carbocycles. The van der Waals surface area contributed by atoms with Crippen LogP contribution in [0.5, 0.6) is 0 Å². The zero-order valence-corrected chi connectivity index (χ0v) is 12.8. The summed E-state index contributed by atoms with van der Waals surface area (Å²) in [4.78, 5) is 2.76. The van der Waals surface area contributed by atoms with Gasteiger partial charge in [-0.15, -0.1) is 0 Å². The number of hydrogen-bond donors (Lipinski definition) is 2. The smallest absolute Gasteiger partial charge is 0.0443 e. The molecular weight excluding hydrogens is 236 g/mol. The first-order chi connectivity index (χ1) is 9.24. The van der Waals surface area contributed by atoms with Gasteiger partial charge in [0.05, 0.1) is 0 Å². The molecule has 0 aromatic rings. The third-order valence-corrected chi connectivity index (χ3v) is 5.04. The zero-order chi connectivity index (χ0) is 13.7. The largest absolute Gasteiger partial charge is 0.396 e. The second kappa shape index (κ2) is 7.61. The Labute approximate surface area is 118 Å². The lowest BCUT2D eigenvalue weighted by Gasteiger charge is -2.46. The van der Waals surface area contributed by atoms with E-state index in [0.29, 0.717) is 12.6 Å². The van der Waals surface area contributed by atoms with E-state index in [1.165, 1.54) is 45.2 Å². The molecule has 1 aliphatic carbocycles. The van der Waals surface area contributed by atoms with Crippen LogP contribution in [-0.2, 0) is 0 Å². The van der Waals surface area contributed by atoms with Crippen molar-refractivity contribution in [2.75, 3.05) is 26.2 Å². The Morgan fingerprint density at radius 1 is 1.32 bits per heavy atom. The standard InChI is InChI=1S/C16H32N2O/c1-3-16(14-6-4-7-14)18-11-13(2)10-15(12-18)17-8-5-9-19/h13-17,19H,3-12H2,1-2H3. The van der Waals surface area contributed by atoms with Crippen LogP contribution in [0, 0.1) is 11.8 Å². The molecule has 0 bridgehead atoms. The highest BCUT2D eigenvalue weighted by atomic mass is 16.3. The van der Waals surface area contributed by atoms with E-state index in [1.54, 1.807) is 0 Å². The maximum atomic E-state index is 8.89. The third kappa shape index (κ3) is 4.17. The lowest BCUT2D eigenvalue weighted by molar-refractivity contribution is 0.0437. The monoisotopic (exact) mass is 268 g/mol. The van der Waals surface area contributed by atoms with Gasteiger partial charge in [0.1, 0.15) is 0 Å². The average molecular weight is 268 g/mol. The van der Waals surface area contributed by atoms with E-state index in [9.17, 15) is 0 Å². The van der Waals surface area contributed by atoms with E-state index in [0.717, 1.165) is 30.8 Å². The Bertz CT molecular complexity index is 255. The van der Waals surface area contributed by atoms with E-state index in [2.05, 4.69) is 24.1 Å². The van der Waals surface area contributed by atoms with E-state index >= 15 is 0 Å². The molecule has 2 N–H and O–H groups in total. The van der Waals surface area contributed by atoms with E-state index in [1.807, 2.05) is 0 Å². The average Bonchev–Trinajstić information content (AvgIpc) is 2.33. The Kier molecular flexibility index (Phi) is 6.11. The van der Waals surface area contributed by atoms with E-state index in [-0.39, 0.29) is 0 Å². The molecule has 112 valence electrons. The van der Waals surface area contributed by atoms with Crippen LogP contribution in [-0.4, -0.2) is 48.3 Å². The highest BCUT2D eigenvalue weighted by Crippen LogP contribution is 2.35. The van der Waals surface area contributed by atoms with Gasteiger partial charge in [-0.1, -0.05) is 20.3 Å². The van der Waals surface area contributed by atoms with Gasteiger partial charge in [-0.3, -0.25) is 4.90 Å². The minimum absolute atomic E-state index is 0.304. The molecule has 1 saturated carbocycles. The van der Waals surface area contributed by atoms with Crippen molar-refractivity contribution in [1.29, 1.82) is 0 Å². The van der Waals surface area contributed by atoms with Crippen LogP contribution < -0.4 is 5.32 Å². The summed E-state index contributed by atoms with van der Waals surface area (Å²) in [5, 5.41) is 12.5. The Morgan fingerprint density at radius 3 is 2.68 bits per heavy atom. The predicted molar refractivity (Wildman–Crippen MR) is 80.3 cm³/mol. The quantitative estimate of drug-likeness (QED) is 0.695. The molecule has 19 heavy (non-hydrogen) atoms. The van der Waals surface area contributed by atoms with Crippen molar-refractivity contribution in [3.63, 3.8) is 0 Å². The number of nitrogens with zero attached hydrogens (tertiary/aromatic N) is 1. The summed E-state index contributed by atoms with van der Waals surface area (Å²) in [7, 11) is 0. The topological polar surface area (TPSA) is 35.5 Å². The van der Waals surface area contributed by atoms with Gasteiger partial charge in [0.25, 0.3) is 0 Å². The summed E-state index contributed by atoms with van der Waals surface area (Å²) in [6.45, 7) is 8.51. The number of piperidine rings is 1. The minimum atomic E-state index is 0.304. The number of nitrogens with one attached hydrogen (secondary N) is 1. The van der Waals surface area contributed by atoms with Crippen molar-refractivity contribution < 1.29 is 5.11 Å². The summed E-state index contributed by atoms with van der Waals surface area (Å²) in [5.41, 5.74) is 0. The Balaban J connectivity index is 1.84. The van der Waals surface area contributed by atoms with Gasteiger partial charge in [-0.2, -0.15) is 0 Å². The van der Waals surface area contributed by atoms with Crippen molar-refractivity contribution in [2.45, 2.75) is 64.5 Å². The van der Waals surface area contributed by atoms with Crippen LogP contribution in [0.4, 0.5) is 0 Å². The van der Waals surface area contributed by atoms with Gasteiger partial charge in [0, 0.05) is 31.8 Å². The third-order valence-electron chi connectivity index (χ3n) is 5.04. The van der Waals surface area contributed by atoms with Crippen LogP contribution >= 0.6 is 0 Å². The van der Waals surface area contributed by atoms with Crippen LogP contribution in [0.1, 0.15) is 52.4 Å². The van der Waals surface area contributed by atoms with Crippen LogP contribution in [0.15, 0.2) is 0 Å². The summed E-state index contributed by atoms with van der Waals surface area (Å²) < 4.78 is 0. The van der Waals surface area contributed by atoms with Crippen LogP contribution in [0.3, 0.4) is 0 Å². The molecule has 0 radical (unpaired) electrons. The van der Waals surface area contributed by atoms with Gasteiger partial charge in [0.2, 0.25) is 0 Å². The maximum Gasteiger partial charge on any atom is 0.0443 e. The van der Waals surface area contributed by atoms with Gasteiger partial charge < -0.3 is 10.4 Å². The Hall–Kier alpha value is -0.120. The molecule has 3 nitrogen and oxygen atoms in total. The lowest BCUT2D eigenvalue weighted by atomic mass is 9.77. The highest BCUT2D eigenvalue weighted by Gasteiger charge is 2.34. The Morgan fingerprint density at radius 2 is 2.11 bits per heavy atom. The van der Waals surface area contributed by atoms with Gasteiger partial charge in [-0.25, -0.2) is 0 Å². The normalized spacial score (nSPS) is 31.1. The molecule has 0 aromatic heterocycles. The predicted octanol–water partition coefficient (Wildman–Crippen LogP) is 2.25. The molecular formula is C16H32N2O. The van der Waals surface area contributed by atoms with Crippen molar-refractivity contribution in [1.82, 2.24) is 10.2 Å². The minimum Gasteiger partial charge on any atom is -0.396 e. The molecule has 3 unspecified atom stereocenters. The van der Waals surface area contributed by atoms with Crippen LogP contribution in [0.2, 0.25) is 0 Å². The number of likely N-dealkylation sites (tertiary alicyclic amines) is 1. The summed E-state index contributed by atoms with van der Waals surface area (Å²) in [5.74, 6) is 1.77. The first kappa shape index (κ1) is 15.3. The molecule has 2 fully saturated rings. The van der Waals surface area contributed by atoms with Crippen molar-refractivity contribution >= 4 is 0 Å².